The topological polar surface area (TPSA) is 74.6 Å². The van der Waals surface area contributed by atoms with E-state index in [0.29, 0.717) is 6.07 Å². The molecule has 1 aromatic rings. The van der Waals surface area contributed by atoms with Crippen molar-refractivity contribution in [1.29, 1.82) is 0 Å². The quantitative estimate of drug-likeness (QED) is 0.791. The molecule has 1 aromatic carbocycles. The van der Waals surface area contributed by atoms with Crippen molar-refractivity contribution in [2.24, 2.45) is 5.41 Å². The highest BCUT2D eigenvalue weighted by atomic mass is 19.1. The minimum Gasteiger partial charge on any atom is -0.480 e. The van der Waals surface area contributed by atoms with Crippen LogP contribution in [0.2, 0.25) is 0 Å². The second-order valence-corrected chi connectivity index (χ2v) is 5.15. The van der Waals surface area contributed by atoms with E-state index in [1.54, 1.807) is 13.8 Å². The van der Waals surface area contributed by atoms with E-state index in [2.05, 4.69) is 0 Å². The predicted molar refractivity (Wildman–Crippen MR) is 72.0 cm³/mol. The third-order valence-electron chi connectivity index (χ3n) is 4.47. The molecule has 0 aliphatic rings. The van der Waals surface area contributed by atoms with Crippen LogP contribution in [-0.2, 0) is 15.0 Å². The lowest BCUT2D eigenvalue weighted by Crippen LogP contribution is -2.54. The molecule has 0 aromatic heterocycles. The van der Waals surface area contributed by atoms with Crippen LogP contribution in [0.1, 0.15) is 39.2 Å². The van der Waals surface area contributed by atoms with Crippen LogP contribution in [0, 0.1) is 17.0 Å². The fourth-order valence-electron chi connectivity index (χ4n) is 2.99. The van der Waals surface area contributed by atoms with Gasteiger partial charge in [-0.3, -0.25) is 9.59 Å². The maximum atomic E-state index is 14.2. The van der Waals surface area contributed by atoms with Gasteiger partial charge in [0, 0.05) is 11.5 Å². The van der Waals surface area contributed by atoms with Gasteiger partial charge in [0.15, 0.2) is 5.41 Å². The first kappa shape index (κ1) is 17.1. The van der Waals surface area contributed by atoms with Gasteiger partial charge in [0.25, 0.3) is 0 Å². The number of halogens is 2. The number of carboxylic acids is 2. The Labute approximate surface area is 121 Å². The van der Waals surface area contributed by atoms with Gasteiger partial charge in [-0.25, -0.2) is 8.78 Å². The fourth-order valence-corrected chi connectivity index (χ4v) is 2.99. The summed E-state index contributed by atoms with van der Waals surface area (Å²) in [5, 5.41) is 18.9. The van der Waals surface area contributed by atoms with Crippen molar-refractivity contribution in [1.82, 2.24) is 0 Å². The monoisotopic (exact) mass is 300 g/mol. The highest BCUT2D eigenvalue weighted by Gasteiger charge is 2.58. The highest BCUT2D eigenvalue weighted by Crippen LogP contribution is 2.48. The fraction of sp³-hybridized carbons (Fsp3) is 0.467. The smallest absolute Gasteiger partial charge is 0.321 e. The Morgan fingerprint density at radius 2 is 1.57 bits per heavy atom. The molecule has 0 atom stereocenters. The minimum absolute atomic E-state index is 0.0845. The van der Waals surface area contributed by atoms with E-state index in [-0.39, 0.29) is 18.4 Å². The molecule has 0 saturated carbocycles. The van der Waals surface area contributed by atoms with Crippen molar-refractivity contribution in [3.8, 4) is 0 Å². The van der Waals surface area contributed by atoms with Crippen LogP contribution in [0.4, 0.5) is 8.78 Å². The third-order valence-corrected chi connectivity index (χ3v) is 4.47. The molecule has 0 heterocycles. The zero-order valence-corrected chi connectivity index (χ0v) is 12.1. The maximum Gasteiger partial charge on any atom is 0.321 e. The summed E-state index contributed by atoms with van der Waals surface area (Å²) in [7, 11) is 0. The highest BCUT2D eigenvalue weighted by molar-refractivity contribution is 6.00. The van der Waals surface area contributed by atoms with Gasteiger partial charge < -0.3 is 10.2 Å². The molecule has 4 nitrogen and oxygen atoms in total. The Hall–Kier alpha value is -1.98. The van der Waals surface area contributed by atoms with Gasteiger partial charge >= 0.3 is 11.9 Å². The number of rotatable bonds is 6. The van der Waals surface area contributed by atoms with Crippen LogP contribution < -0.4 is 0 Å². The minimum atomic E-state index is -2.23. The average molecular weight is 300 g/mol. The standard InChI is InChI=1S/C15H18F2O4/c1-4-15(5-2,14(3,12(18)19)13(20)21)10-7-6-9(16)8-11(10)17/h6-8H,4-5H2,1-3H3,(H,18,19)(H,20,21). The molecule has 0 bridgehead atoms. The van der Waals surface area contributed by atoms with Crippen LogP contribution in [0.15, 0.2) is 18.2 Å². The second kappa shape index (κ2) is 5.79. The van der Waals surface area contributed by atoms with Gasteiger partial charge in [0.2, 0.25) is 0 Å². The molecule has 2 N–H and O–H groups in total. The summed E-state index contributed by atoms with van der Waals surface area (Å²) in [6.45, 7) is 4.25. The van der Waals surface area contributed by atoms with E-state index in [1.807, 2.05) is 0 Å². The van der Waals surface area contributed by atoms with Crippen molar-refractivity contribution in [3.05, 3.63) is 35.4 Å². The lowest BCUT2D eigenvalue weighted by Gasteiger charge is -2.43. The molecule has 116 valence electrons. The maximum absolute atomic E-state index is 14.2. The van der Waals surface area contributed by atoms with E-state index < -0.39 is 34.4 Å². The molecule has 0 spiro atoms. The van der Waals surface area contributed by atoms with Gasteiger partial charge in [-0.2, -0.15) is 0 Å². The van der Waals surface area contributed by atoms with Gasteiger partial charge in [0.05, 0.1) is 0 Å². The SMILES string of the molecule is CCC(CC)(c1ccc(F)cc1F)C(C)(C(=O)O)C(=O)O. The van der Waals surface area contributed by atoms with Crippen LogP contribution in [0.5, 0.6) is 0 Å². The van der Waals surface area contributed by atoms with Gasteiger partial charge in [0.1, 0.15) is 11.6 Å². The van der Waals surface area contributed by atoms with E-state index in [9.17, 15) is 28.6 Å². The van der Waals surface area contributed by atoms with E-state index in [4.69, 9.17) is 0 Å². The van der Waals surface area contributed by atoms with Crippen molar-refractivity contribution in [3.63, 3.8) is 0 Å². The lowest BCUT2D eigenvalue weighted by atomic mass is 9.57. The van der Waals surface area contributed by atoms with Gasteiger partial charge in [-0.1, -0.05) is 19.9 Å². The summed E-state index contributed by atoms with van der Waals surface area (Å²) in [6, 6.07) is 2.77. The molecule has 0 aliphatic carbocycles. The van der Waals surface area contributed by atoms with Crippen molar-refractivity contribution < 1.29 is 28.6 Å². The van der Waals surface area contributed by atoms with Gasteiger partial charge in [-0.15, -0.1) is 0 Å². The van der Waals surface area contributed by atoms with Crippen LogP contribution in [0.3, 0.4) is 0 Å². The summed E-state index contributed by atoms with van der Waals surface area (Å²) in [6.07, 6.45) is 0.169. The third kappa shape index (κ3) is 2.39. The Balaban J connectivity index is 3.72. The zero-order chi connectivity index (χ0) is 16.4. The molecule has 21 heavy (non-hydrogen) atoms. The van der Waals surface area contributed by atoms with Crippen molar-refractivity contribution in [2.45, 2.75) is 39.0 Å². The number of benzene rings is 1. The summed E-state index contributed by atoms with van der Waals surface area (Å²) in [5.74, 6) is -4.85. The second-order valence-electron chi connectivity index (χ2n) is 5.15. The number of hydrogen-bond donors (Lipinski definition) is 2. The molecule has 0 unspecified atom stereocenters. The summed E-state index contributed by atoms with van der Waals surface area (Å²) < 4.78 is 27.2. The molecule has 0 saturated heterocycles. The Kier molecular flexibility index (Phi) is 4.71. The first-order valence-corrected chi connectivity index (χ1v) is 6.59. The molecular formula is C15H18F2O4. The Morgan fingerprint density at radius 3 is 1.90 bits per heavy atom. The Morgan fingerprint density at radius 1 is 1.10 bits per heavy atom. The van der Waals surface area contributed by atoms with Crippen molar-refractivity contribution >= 4 is 11.9 Å². The zero-order valence-electron chi connectivity index (χ0n) is 12.1. The predicted octanol–water partition coefficient (Wildman–Crippen LogP) is 3.20. The van der Waals surface area contributed by atoms with Crippen LogP contribution in [0.25, 0.3) is 0 Å². The summed E-state index contributed by atoms with van der Waals surface area (Å²) in [5.41, 5.74) is -3.81. The summed E-state index contributed by atoms with van der Waals surface area (Å²) >= 11 is 0. The molecule has 0 radical (unpaired) electrons. The van der Waals surface area contributed by atoms with E-state index in [0.717, 1.165) is 19.1 Å². The molecular weight excluding hydrogens is 282 g/mol. The van der Waals surface area contributed by atoms with E-state index in [1.165, 1.54) is 0 Å². The van der Waals surface area contributed by atoms with Gasteiger partial charge in [-0.05, 0) is 31.4 Å². The normalized spacial score (nSPS) is 12.2. The first-order chi connectivity index (χ1) is 9.67. The largest absolute Gasteiger partial charge is 0.480 e. The molecule has 1 rings (SSSR count). The molecule has 0 aliphatic heterocycles. The number of carboxylic acid groups (broad SMARTS) is 2. The molecule has 0 amide bonds. The first-order valence-electron chi connectivity index (χ1n) is 6.59. The average Bonchev–Trinajstić information content (AvgIpc) is 2.41. The molecule has 0 fully saturated rings. The van der Waals surface area contributed by atoms with Crippen LogP contribution in [-0.4, -0.2) is 22.2 Å². The number of aliphatic carboxylic acids is 2. The summed E-state index contributed by atoms with van der Waals surface area (Å²) in [4.78, 5) is 23.2. The van der Waals surface area contributed by atoms with Crippen LogP contribution >= 0.6 is 0 Å². The Bertz CT molecular complexity index is 551. The molecule has 6 heteroatoms. The number of carbonyl (C=O) groups is 2. The number of hydrogen-bond acceptors (Lipinski definition) is 2. The lowest BCUT2D eigenvalue weighted by molar-refractivity contribution is -0.170. The van der Waals surface area contributed by atoms with E-state index >= 15 is 0 Å². The van der Waals surface area contributed by atoms with Crippen molar-refractivity contribution in [2.75, 3.05) is 0 Å².